The third-order valence-electron chi connectivity index (χ3n) is 4.20. The van der Waals surface area contributed by atoms with E-state index in [0.29, 0.717) is 0 Å². The molecule has 0 aliphatic carbocycles. The average molecular weight is 255 g/mol. The van der Waals surface area contributed by atoms with Crippen LogP contribution in [-0.4, -0.2) is 22.9 Å². The van der Waals surface area contributed by atoms with Crippen molar-refractivity contribution in [3.63, 3.8) is 0 Å². The van der Waals surface area contributed by atoms with Crippen molar-refractivity contribution < 1.29 is 0 Å². The number of nitrogens with one attached hydrogen (secondary N) is 1. The van der Waals surface area contributed by atoms with Crippen molar-refractivity contribution >= 4 is 0 Å². The zero-order valence-corrected chi connectivity index (χ0v) is 11.7. The van der Waals surface area contributed by atoms with Gasteiger partial charge in [0.2, 0.25) is 0 Å². The Balaban J connectivity index is 1.89. The zero-order valence-electron chi connectivity index (χ0n) is 11.7. The second kappa shape index (κ2) is 4.82. The Kier molecular flexibility index (Phi) is 3.15. The maximum absolute atomic E-state index is 4.39. The van der Waals surface area contributed by atoms with E-state index in [1.807, 2.05) is 10.9 Å². The fraction of sp³-hybridized carbons (Fsp3) is 0.438. The molecule has 0 atom stereocenters. The van der Waals surface area contributed by atoms with Crippen LogP contribution >= 0.6 is 0 Å². The molecule has 2 aromatic rings. The highest BCUT2D eigenvalue weighted by molar-refractivity contribution is 5.38. The fourth-order valence-corrected chi connectivity index (χ4v) is 3.07. The van der Waals surface area contributed by atoms with Gasteiger partial charge in [0.25, 0.3) is 0 Å². The monoisotopic (exact) mass is 255 g/mol. The summed E-state index contributed by atoms with van der Waals surface area (Å²) in [6.45, 7) is 7.41. The summed E-state index contributed by atoms with van der Waals surface area (Å²) in [7, 11) is 0. The summed E-state index contributed by atoms with van der Waals surface area (Å²) in [5.74, 6) is 0. The predicted octanol–water partition coefficient (Wildman–Crippen LogP) is 2.30. The summed E-state index contributed by atoms with van der Waals surface area (Å²) < 4.78 is 2.01. The van der Waals surface area contributed by atoms with Crippen LogP contribution in [0, 0.1) is 6.92 Å². The number of hydrogen-bond acceptors (Lipinski definition) is 2. The first-order valence-corrected chi connectivity index (χ1v) is 7.02. The van der Waals surface area contributed by atoms with Crippen molar-refractivity contribution in [2.75, 3.05) is 13.1 Å². The molecule has 3 heteroatoms. The molecule has 2 heterocycles. The second-order valence-electron chi connectivity index (χ2n) is 5.58. The smallest absolute Gasteiger partial charge is 0.0522 e. The summed E-state index contributed by atoms with van der Waals surface area (Å²) in [6, 6.07) is 8.76. The Bertz CT molecular complexity index is 567. The number of rotatable bonds is 4. The predicted molar refractivity (Wildman–Crippen MR) is 77.3 cm³/mol. The maximum atomic E-state index is 4.39. The van der Waals surface area contributed by atoms with Crippen molar-refractivity contribution in [3.05, 3.63) is 53.3 Å². The van der Waals surface area contributed by atoms with E-state index in [2.05, 4.69) is 54.7 Å². The number of nitrogens with zero attached hydrogens (tertiary/aromatic N) is 2. The minimum absolute atomic E-state index is 0.257. The summed E-state index contributed by atoms with van der Waals surface area (Å²) in [5.41, 5.74) is 4.48. The first-order chi connectivity index (χ1) is 9.23. The normalized spacial score (nSPS) is 17.2. The molecule has 1 aliphatic rings. The van der Waals surface area contributed by atoms with Crippen LogP contribution in [0.1, 0.15) is 23.6 Å². The lowest BCUT2D eigenvalue weighted by Gasteiger charge is -2.44. The average Bonchev–Trinajstić information content (AvgIpc) is 2.82. The van der Waals surface area contributed by atoms with Gasteiger partial charge in [0.1, 0.15) is 0 Å². The van der Waals surface area contributed by atoms with E-state index in [9.17, 15) is 0 Å². The fourth-order valence-electron chi connectivity index (χ4n) is 3.07. The maximum Gasteiger partial charge on any atom is 0.0522 e. The van der Waals surface area contributed by atoms with E-state index in [4.69, 9.17) is 0 Å². The first kappa shape index (κ1) is 12.4. The van der Waals surface area contributed by atoms with Gasteiger partial charge in [-0.05, 0) is 37.0 Å². The van der Waals surface area contributed by atoms with E-state index in [1.54, 1.807) is 0 Å². The Morgan fingerprint density at radius 2 is 2.11 bits per heavy atom. The third kappa shape index (κ3) is 2.19. The number of benzene rings is 1. The first-order valence-electron chi connectivity index (χ1n) is 7.02. The minimum Gasteiger partial charge on any atom is -0.315 e. The van der Waals surface area contributed by atoms with Crippen LogP contribution in [0.4, 0.5) is 0 Å². The Morgan fingerprint density at radius 1 is 1.32 bits per heavy atom. The molecule has 0 amide bonds. The molecule has 100 valence electrons. The molecule has 0 radical (unpaired) electrons. The van der Waals surface area contributed by atoms with Crippen molar-refractivity contribution in [2.45, 2.75) is 32.2 Å². The highest BCUT2D eigenvalue weighted by Crippen LogP contribution is 2.34. The highest BCUT2D eigenvalue weighted by Gasteiger charge is 2.39. The molecule has 0 saturated carbocycles. The van der Waals surface area contributed by atoms with Crippen molar-refractivity contribution in [3.8, 4) is 0 Å². The number of aromatic nitrogens is 2. The minimum atomic E-state index is 0.257. The standard InChI is InChI=1S/C16H21N3/c1-3-19-10-14(9-18-19)8-16(11-17-12-16)15-7-5-4-6-13(15)2/h4-7,9-10,17H,3,8,11-12H2,1-2H3. The second-order valence-corrected chi connectivity index (χ2v) is 5.58. The number of hydrogen-bond donors (Lipinski definition) is 1. The third-order valence-corrected chi connectivity index (χ3v) is 4.20. The molecule has 19 heavy (non-hydrogen) atoms. The molecular weight excluding hydrogens is 234 g/mol. The van der Waals surface area contributed by atoms with Crippen molar-refractivity contribution in [2.24, 2.45) is 0 Å². The van der Waals surface area contributed by atoms with Crippen molar-refractivity contribution in [1.29, 1.82) is 0 Å². The lowest BCUT2D eigenvalue weighted by atomic mass is 9.70. The molecule has 1 saturated heterocycles. The van der Waals surface area contributed by atoms with Gasteiger partial charge in [-0.25, -0.2) is 0 Å². The van der Waals surface area contributed by atoms with E-state index in [0.717, 1.165) is 26.1 Å². The largest absolute Gasteiger partial charge is 0.315 e. The topological polar surface area (TPSA) is 29.9 Å². The van der Waals surface area contributed by atoms with Gasteiger partial charge in [-0.2, -0.15) is 5.10 Å². The van der Waals surface area contributed by atoms with Crippen LogP contribution in [0.3, 0.4) is 0 Å². The lowest BCUT2D eigenvalue weighted by molar-refractivity contribution is 0.273. The van der Waals surface area contributed by atoms with Gasteiger partial charge in [0, 0.05) is 31.2 Å². The summed E-state index contributed by atoms with van der Waals surface area (Å²) >= 11 is 0. The van der Waals surface area contributed by atoms with E-state index >= 15 is 0 Å². The molecule has 0 spiro atoms. The molecule has 0 bridgehead atoms. The molecular formula is C16H21N3. The van der Waals surface area contributed by atoms with Gasteiger partial charge in [0.15, 0.2) is 0 Å². The molecule has 1 aromatic heterocycles. The van der Waals surface area contributed by atoms with E-state index in [1.165, 1.54) is 16.7 Å². The molecule has 1 N–H and O–H groups in total. The SMILES string of the molecule is CCn1cc(CC2(c3ccccc3C)CNC2)cn1. The highest BCUT2D eigenvalue weighted by atomic mass is 15.3. The molecule has 1 fully saturated rings. The summed E-state index contributed by atoms with van der Waals surface area (Å²) in [4.78, 5) is 0. The van der Waals surface area contributed by atoms with Gasteiger partial charge >= 0.3 is 0 Å². The summed E-state index contributed by atoms with van der Waals surface area (Å²) in [5, 5.41) is 7.83. The Hall–Kier alpha value is -1.61. The zero-order chi connectivity index (χ0) is 13.3. The van der Waals surface area contributed by atoms with Crippen LogP contribution < -0.4 is 5.32 Å². The van der Waals surface area contributed by atoms with Gasteiger partial charge < -0.3 is 5.32 Å². The quantitative estimate of drug-likeness (QED) is 0.908. The number of aryl methyl sites for hydroxylation is 2. The molecule has 0 unspecified atom stereocenters. The van der Waals surface area contributed by atoms with E-state index < -0.39 is 0 Å². The molecule has 3 nitrogen and oxygen atoms in total. The lowest BCUT2D eigenvalue weighted by Crippen LogP contribution is -2.58. The Labute approximate surface area is 114 Å². The van der Waals surface area contributed by atoms with Crippen LogP contribution in [0.5, 0.6) is 0 Å². The van der Waals surface area contributed by atoms with E-state index in [-0.39, 0.29) is 5.41 Å². The van der Waals surface area contributed by atoms with Crippen LogP contribution in [-0.2, 0) is 18.4 Å². The van der Waals surface area contributed by atoms with Crippen LogP contribution in [0.15, 0.2) is 36.7 Å². The van der Waals surface area contributed by atoms with Crippen molar-refractivity contribution in [1.82, 2.24) is 15.1 Å². The van der Waals surface area contributed by atoms with Gasteiger partial charge in [-0.3, -0.25) is 4.68 Å². The van der Waals surface area contributed by atoms with Gasteiger partial charge in [-0.1, -0.05) is 24.3 Å². The van der Waals surface area contributed by atoms with Gasteiger partial charge in [-0.15, -0.1) is 0 Å². The van der Waals surface area contributed by atoms with Crippen LogP contribution in [0.25, 0.3) is 0 Å². The summed E-state index contributed by atoms with van der Waals surface area (Å²) in [6.07, 6.45) is 5.27. The molecule has 1 aromatic carbocycles. The van der Waals surface area contributed by atoms with Gasteiger partial charge in [0.05, 0.1) is 6.20 Å². The molecule has 3 rings (SSSR count). The Morgan fingerprint density at radius 3 is 2.68 bits per heavy atom. The molecule has 1 aliphatic heterocycles. The van der Waals surface area contributed by atoms with Crippen LogP contribution in [0.2, 0.25) is 0 Å².